The molecule has 0 bridgehead atoms. The van der Waals surface area contributed by atoms with Gasteiger partial charge >= 0.3 is 0 Å². The Hall–Kier alpha value is -3.02. The smallest absolute Gasteiger partial charge is 0.283 e. The van der Waals surface area contributed by atoms with Crippen LogP contribution in [0, 0.1) is 13.8 Å². The number of aryl methyl sites for hydroxylation is 2. The number of carbonyl (C=O) groups is 2. The zero-order chi connectivity index (χ0) is 21.3. The normalized spacial score (nSPS) is 13.9. The summed E-state index contributed by atoms with van der Waals surface area (Å²) in [7, 11) is 0. The van der Waals surface area contributed by atoms with Crippen LogP contribution < -0.4 is 10.2 Å². The second-order valence-corrected chi connectivity index (χ2v) is 8.48. The van der Waals surface area contributed by atoms with Gasteiger partial charge in [0.25, 0.3) is 11.8 Å². The highest BCUT2D eigenvalue weighted by atomic mass is 35.5. The zero-order valence-corrected chi connectivity index (χ0v) is 18.1. The van der Waals surface area contributed by atoms with Crippen molar-refractivity contribution in [1.82, 2.24) is 0 Å². The molecule has 1 aliphatic heterocycles. The van der Waals surface area contributed by atoms with Gasteiger partial charge in [-0.05, 0) is 61.4 Å². The Labute approximate surface area is 184 Å². The number of hydrogen-bond acceptors (Lipinski definition) is 4. The van der Waals surface area contributed by atoms with E-state index in [0.29, 0.717) is 15.6 Å². The molecule has 2 amide bonds. The number of imide groups is 1. The highest BCUT2D eigenvalue weighted by Crippen LogP contribution is 2.38. The lowest BCUT2D eigenvalue weighted by atomic mass is 10.2. The van der Waals surface area contributed by atoms with E-state index in [1.54, 1.807) is 18.2 Å². The monoisotopic (exact) mass is 434 g/mol. The Morgan fingerprint density at radius 1 is 0.867 bits per heavy atom. The molecule has 0 spiro atoms. The maximum absolute atomic E-state index is 13.3. The van der Waals surface area contributed by atoms with Crippen LogP contribution in [-0.4, -0.2) is 11.8 Å². The largest absolute Gasteiger partial charge is 0.350 e. The molecule has 150 valence electrons. The van der Waals surface area contributed by atoms with E-state index in [2.05, 4.69) is 5.32 Å². The Bertz CT molecular complexity index is 1170. The summed E-state index contributed by atoms with van der Waals surface area (Å²) in [5, 5.41) is 3.68. The van der Waals surface area contributed by atoms with Crippen molar-refractivity contribution < 1.29 is 9.59 Å². The van der Waals surface area contributed by atoms with Crippen LogP contribution in [0.3, 0.4) is 0 Å². The second-order valence-electron chi connectivity index (χ2n) is 6.99. The van der Waals surface area contributed by atoms with E-state index < -0.39 is 5.91 Å². The van der Waals surface area contributed by atoms with Crippen molar-refractivity contribution in [3.05, 3.63) is 99.5 Å². The number of amides is 2. The van der Waals surface area contributed by atoms with Crippen LogP contribution in [0.25, 0.3) is 0 Å². The van der Waals surface area contributed by atoms with Gasteiger partial charge in [-0.3, -0.25) is 9.59 Å². The van der Waals surface area contributed by atoms with Gasteiger partial charge in [0.15, 0.2) is 0 Å². The summed E-state index contributed by atoms with van der Waals surface area (Å²) in [6, 6.07) is 22.4. The zero-order valence-electron chi connectivity index (χ0n) is 16.5. The summed E-state index contributed by atoms with van der Waals surface area (Å²) in [4.78, 5) is 29.1. The van der Waals surface area contributed by atoms with E-state index in [1.807, 2.05) is 68.4 Å². The minimum Gasteiger partial charge on any atom is -0.350 e. The highest BCUT2D eigenvalue weighted by molar-refractivity contribution is 8.04. The van der Waals surface area contributed by atoms with Gasteiger partial charge in [-0.1, -0.05) is 59.8 Å². The van der Waals surface area contributed by atoms with Crippen LogP contribution in [0.4, 0.5) is 11.4 Å². The predicted octanol–water partition coefficient (Wildman–Crippen LogP) is 5.95. The topological polar surface area (TPSA) is 49.4 Å². The highest BCUT2D eigenvalue weighted by Gasteiger charge is 2.40. The molecule has 0 unspecified atom stereocenters. The Morgan fingerprint density at radius 3 is 2.33 bits per heavy atom. The maximum Gasteiger partial charge on any atom is 0.283 e. The molecule has 0 radical (unpaired) electrons. The molecule has 0 saturated heterocycles. The van der Waals surface area contributed by atoms with Crippen LogP contribution in [0.5, 0.6) is 0 Å². The number of nitrogens with one attached hydrogen (secondary N) is 1. The van der Waals surface area contributed by atoms with Crippen LogP contribution in [-0.2, 0) is 9.59 Å². The number of benzene rings is 3. The predicted molar refractivity (Wildman–Crippen MR) is 123 cm³/mol. The average Bonchev–Trinajstić information content (AvgIpc) is 2.95. The van der Waals surface area contributed by atoms with Crippen molar-refractivity contribution in [2.75, 3.05) is 10.2 Å². The molecule has 1 aliphatic rings. The van der Waals surface area contributed by atoms with Crippen LogP contribution in [0.15, 0.2) is 88.3 Å². The number of thioether (sulfide) groups is 1. The van der Waals surface area contributed by atoms with Crippen molar-refractivity contribution in [2.24, 2.45) is 0 Å². The van der Waals surface area contributed by atoms with Crippen molar-refractivity contribution in [1.29, 1.82) is 0 Å². The molecule has 4 nitrogen and oxygen atoms in total. The molecule has 0 saturated carbocycles. The minimum atomic E-state index is -0.403. The fourth-order valence-corrected chi connectivity index (χ4v) is 4.27. The molecular formula is C24H19ClN2O2S. The van der Waals surface area contributed by atoms with Crippen molar-refractivity contribution >= 4 is 46.6 Å². The standard InChI is InChI=1S/C24H19ClN2O2S/c1-15-7-6-8-17(13-15)26-21-22(30-19-9-4-3-5-10-19)24(29)27(23(21)28)18-12-11-16(2)20(25)14-18/h3-14,26H,1-2H3. The van der Waals surface area contributed by atoms with Crippen molar-refractivity contribution in [3.63, 3.8) is 0 Å². The minimum absolute atomic E-state index is 0.260. The molecule has 30 heavy (non-hydrogen) atoms. The molecular weight excluding hydrogens is 416 g/mol. The van der Waals surface area contributed by atoms with Gasteiger partial charge in [-0.2, -0.15) is 0 Å². The summed E-state index contributed by atoms with van der Waals surface area (Å²) in [6.07, 6.45) is 0. The first-order valence-electron chi connectivity index (χ1n) is 9.40. The lowest BCUT2D eigenvalue weighted by Crippen LogP contribution is -2.32. The Kier molecular flexibility index (Phi) is 5.66. The van der Waals surface area contributed by atoms with Gasteiger partial charge in [0, 0.05) is 15.6 Å². The number of halogens is 1. The third-order valence-corrected chi connectivity index (χ3v) is 6.20. The van der Waals surface area contributed by atoms with Crippen LogP contribution >= 0.6 is 23.4 Å². The lowest BCUT2D eigenvalue weighted by Gasteiger charge is -2.16. The number of hydrogen-bond donors (Lipinski definition) is 1. The first-order valence-corrected chi connectivity index (χ1v) is 10.6. The second kappa shape index (κ2) is 8.38. The molecule has 3 aromatic rings. The van der Waals surface area contributed by atoms with Gasteiger partial charge in [-0.15, -0.1) is 0 Å². The van der Waals surface area contributed by atoms with Gasteiger partial charge in [0.1, 0.15) is 10.6 Å². The van der Waals surface area contributed by atoms with E-state index in [0.717, 1.165) is 21.7 Å². The fourth-order valence-electron chi connectivity index (χ4n) is 3.14. The number of carbonyl (C=O) groups excluding carboxylic acids is 2. The summed E-state index contributed by atoms with van der Waals surface area (Å²) in [5.74, 6) is -0.774. The van der Waals surface area contributed by atoms with Gasteiger partial charge in [-0.25, -0.2) is 4.90 Å². The molecule has 0 atom stereocenters. The number of nitrogens with zero attached hydrogens (tertiary/aromatic N) is 1. The molecule has 0 aliphatic carbocycles. The summed E-state index contributed by atoms with van der Waals surface area (Å²) >= 11 is 7.53. The first kappa shape index (κ1) is 20.3. The Morgan fingerprint density at radius 2 is 1.63 bits per heavy atom. The summed E-state index contributed by atoms with van der Waals surface area (Å²) in [6.45, 7) is 3.85. The number of anilines is 2. The molecule has 0 aromatic heterocycles. The fraction of sp³-hybridized carbons (Fsp3) is 0.0833. The summed E-state index contributed by atoms with van der Waals surface area (Å²) < 4.78 is 0. The average molecular weight is 435 g/mol. The lowest BCUT2D eigenvalue weighted by molar-refractivity contribution is -0.120. The van der Waals surface area contributed by atoms with E-state index in [9.17, 15) is 9.59 Å². The first-order chi connectivity index (χ1) is 14.4. The quantitative estimate of drug-likeness (QED) is 0.504. The molecule has 0 fully saturated rings. The maximum atomic E-state index is 13.3. The molecule has 6 heteroatoms. The number of rotatable bonds is 5. The third kappa shape index (κ3) is 3.99. The molecule has 3 aromatic carbocycles. The molecule has 4 rings (SSSR count). The Balaban J connectivity index is 1.76. The van der Waals surface area contributed by atoms with Gasteiger partial charge in [0.05, 0.1) is 5.69 Å². The third-order valence-electron chi connectivity index (χ3n) is 4.71. The molecule has 1 N–H and O–H groups in total. The van der Waals surface area contributed by atoms with Gasteiger partial charge in [0.2, 0.25) is 0 Å². The van der Waals surface area contributed by atoms with Crippen molar-refractivity contribution in [2.45, 2.75) is 18.7 Å². The van der Waals surface area contributed by atoms with E-state index in [4.69, 9.17) is 11.6 Å². The van der Waals surface area contributed by atoms with Crippen LogP contribution in [0.1, 0.15) is 11.1 Å². The van der Waals surface area contributed by atoms with Gasteiger partial charge < -0.3 is 5.32 Å². The van der Waals surface area contributed by atoms with Crippen molar-refractivity contribution in [3.8, 4) is 0 Å². The van der Waals surface area contributed by atoms with E-state index in [-0.39, 0.29) is 11.6 Å². The summed E-state index contributed by atoms with van der Waals surface area (Å²) in [5.41, 5.74) is 3.39. The molecule has 1 heterocycles. The SMILES string of the molecule is Cc1cccc(NC2=C(Sc3ccccc3)C(=O)N(c3ccc(C)c(Cl)c3)C2=O)c1. The van der Waals surface area contributed by atoms with E-state index in [1.165, 1.54) is 16.7 Å². The van der Waals surface area contributed by atoms with E-state index >= 15 is 0 Å². The van der Waals surface area contributed by atoms with Crippen LogP contribution in [0.2, 0.25) is 5.02 Å².